The van der Waals surface area contributed by atoms with E-state index in [9.17, 15) is 21.6 Å². The Labute approximate surface area is 108 Å². The fourth-order valence-electron chi connectivity index (χ4n) is 1.70. The van der Waals surface area contributed by atoms with Gasteiger partial charge >= 0.3 is 6.18 Å². The second kappa shape index (κ2) is 4.64. The largest absolute Gasteiger partial charge is 0.402 e. The Kier molecular flexibility index (Phi) is 3.43. The molecule has 0 unspecified atom stereocenters. The van der Waals surface area contributed by atoms with Crippen molar-refractivity contribution in [1.82, 2.24) is 9.29 Å². The van der Waals surface area contributed by atoms with E-state index in [0.29, 0.717) is 17.1 Å². The van der Waals surface area contributed by atoms with Gasteiger partial charge in [-0.2, -0.15) is 17.5 Å². The van der Waals surface area contributed by atoms with Gasteiger partial charge in [-0.15, -0.1) is 0 Å². The molecule has 2 N–H and O–H groups in total. The van der Waals surface area contributed by atoms with Gasteiger partial charge in [0.2, 0.25) is 10.0 Å². The number of nitrogens with two attached hydrogens (primary N) is 1. The summed E-state index contributed by atoms with van der Waals surface area (Å²) in [7, 11) is -4.28. The molecule has 0 bridgehead atoms. The minimum atomic E-state index is -4.59. The summed E-state index contributed by atoms with van der Waals surface area (Å²) >= 11 is 0. The number of aromatic nitrogens is 1. The molecular weight excluding hydrogens is 283 g/mol. The highest BCUT2D eigenvalue weighted by Crippen LogP contribution is 2.35. The van der Waals surface area contributed by atoms with Crippen LogP contribution in [0.4, 0.5) is 19.0 Å². The second-order valence-electron chi connectivity index (χ2n) is 4.28. The van der Waals surface area contributed by atoms with Gasteiger partial charge in [0.15, 0.2) is 0 Å². The highest BCUT2D eigenvalue weighted by molar-refractivity contribution is 7.89. The topological polar surface area (TPSA) is 76.3 Å². The van der Waals surface area contributed by atoms with Crippen LogP contribution in [-0.2, 0) is 10.0 Å². The molecule has 106 valence electrons. The van der Waals surface area contributed by atoms with Crippen LogP contribution in [0, 0.1) is 0 Å². The lowest BCUT2D eigenvalue weighted by Gasteiger charge is -2.23. The summed E-state index contributed by atoms with van der Waals surface area (Å²) in [5.74, 6) is -0.296. The van der Waals surface area contributed by atoms with Crippen molar-refractivity contribution in [2.24, 2.45) is 0 Å². The molecule has 0 saturated heterocycles. The van der Waals surface area contributed by atoms with Gasteiger partial charge in [0.1, 0.15) is 17.3 Å². The molecule has 0 aliphatic heterocycles. The third-order valence-corrected chi connectivity index (χ3v) is 4.62. The van der Waals surface area contributed by atoms with Crippen LogP contribution in [0.25, 0.3) is 0 Å². The molecule has 1 fully saturated rings. The van der Waals surface area contributed by atoms with Crippen molar-refractivity contribution < 1.29 is 21.6 Å². The number of nitrogen functional groups attached to an aromatic ring is 1. The maximum absolute atomic E-state index is 12.5. The number of pyridine rings is 1. The molecule has 5 nitrogen and oxygen atoms in total. The predicted octanol–water partition coefficient (Wildman–Crippen LogP) is 1.38. The van der Waals surface area contributed by atoms with Crippen LogP contribution in [0.2, 0.25) is 0 Å². The van der Waals surface area contributed by atoms with Crippen LogP contribution in [-0.4, -0.2) is 36.5 Å². The van der Waals surface area contributed by atoms with Gasteiger partial charge in [0.25, 0.3) is 0 Å². The summed E-state index contributed by atoms with van der Waals surface area (Å²) in [6, 6.07) is 1.87. The Morgan fingerprint density at radius 1 is 1.42 bits per heavy atom. The lowest BCUT2D eigenvalue weighted by atomic mass is 10.5. The molecule has 1 aliphatic rings. The van der Waals surface area contributed by atoms with Gasteiger partial charge in [-0.1, -0.05) is 0 Å². The molecule has 1 saturated carbocycles. The fourth-order valence-corrected chi connectivity index (χ4v) is 3.44. The quantitative estimate of drug-likeness (QED) is 0.910. The van der Waals surface area contributed by atoms with E-state index in [-0.39, 0.29) is 10.7 Å². The summed E-state index contributed by atoms with van der Waals surface area (Å²) in [5.41, 5.74) is 5.43. The zero-order valence-electron chi connectivity index (χ0n) is 9.76. The van der Waals surface area contributed by atoms with E-state index in [0.717, 1.165) is 6.07 Å². The molecule has 0 amide bonds. The normalized spacial score (nSPS) is 16.8. The Bertz CT molecular complexity index is 570. The minimum absolute atomic E-state index is 0.296. The van der Waals surface area contributed by atoms with Crippen molar-refractivity contribution in [2.45, 2.75) is 30.0 Å². The van der Waals surface area contributed by atoms with Crippen molar-refractivity contribution >= 4 is 15.8 Å². The van der Waals surface area contributed by atoms with Gasteiger partial charge in [0.05, 0.1) is 0 Å². The monoisotopic (exact) mass is 295 g/mol. The summed E-state index contributed by atoms with van der Waals surface area (Å²) < 4.78 is 62.4. The Morgan fingerprint density at radius 3 is 2.53 bits per heavy atom. The van der Waals surface area contributed by atoms with Crippen LogP contribution in [0.15, 0.2) is 23.2 Å². The Morgan fingerprint density at radius 2 is 2.05 bits per heavy atom. The lowest BCUT2D eigenvalue weighted by Crippen LogP contribution is -2.40. The first-order valence-corrected chi connectivity index (χ1v) is 6.95. The SMILES string of the molecule is Nc1ncccc1S(=O)(=O)N(CC(F)(F)F)C1CC1. The van der Waals surface area contributed by atoms with E-state index in [2.05, 4.69) is 4.98 Å². The fraction of sp³-hybridized carbons (Fsp3) is 0.500. The molecule has 0 radical (unpaired) electrons. The lowest BCUT2D eigenvalue weighted by molar-refractivity contribution is -0.137. The molecule has 0 atom stereocenters. The van der Waals surface area contributed by atoms with Crippen LogP contribution in [0.3, 0.4) is 0 Å². The van der Waals surface area contributed by atoms with E-state index >= 15 is 0 Å². The van der Waals surface area contributed by atoms with Crippen LogP contribution >= 0.6 is 0 Å². The van der Waals surface area contributed by atoms with Crippen molar-refractivity contribution in [1.29, 1.82) is 0 Å². The number of anilines is 1. The molecule has 19 heavy (non-hydrogen) atoms. The molecule has 9 heteroatoms. The van der Waals surface area contributed by atoms with Crippen LogP contribution in [0.1, 0.15) is 12.8 Å². The van der Waals surface area contributed by atoms with E-state index in [1.54, 1.807) is 0 Å². The highest BCUT2D eigenvalue weighted by Gasteiger charge is 2.45. The van der Waals surface area contributed by atoms with Gasteiger partial charge in [-0.25, -0.2) is 13.4 Å². The third-order valence-electron chi connectivity index (χ3n) is 2.68. The van der Waals surface area contributed by atoms with Crippen LogP contribution in [0.5, 0.6) is 0 Å². The van der Waals surface area contributed by atoms with Crippen molar-refractivity contribution in [3.63, 3.8) is 0 Å². The number of rotatable bonds is 4. The zero-order valence-corrected chi connectivity index (χ0v) is 10.6. The molecule has 1 heterocycles. The van der Waals surface area contributed by atoms with Gasteiger partial charge < -0.3 is 5.73 Å². The Balaban J connectivity index is 2.38. The van der Waals surface area contributed by atoms with Crippen molar-refractivity contribution in [3.05, 3.63) is 18.3 Å². The first-order chi connectivity index (χ1) is 8.72. The van der Waals surface area contributed by atoms with E-state index in [1.165, 1.54) is 12.3 Å². The average molecular weight is 295 g/mol. The number of nitrogens with zero attached hydrogens (tertiary/aromatic N) is 2. The summed E-state index contributed by atoms with van der Waals surface area (Å²) in [4.78, 5) is 3.21. The predicted molar refractivity (Wildman–Crippen MR) is 61.6 cm³/mol. The second-order valence-corrected chi connectivity index (χ2v) is 6.14. The smallest absolute Gasteiger partial charge is 0.383 e. The van der Waals surface area contributed by atoms with E-state index in [1.807, 2.05) is 0 Å². The maximum Gasteiger partial charge on any atom is 0.402 e. The molecule has 0 aromatic carbocycles. The third kappa shape index (κ3) is 3.16. The number of sulfonamides is 1. The number of halogens is 3. The minimum Gasteiger partial charge on any atom is -0.383 e. The molecule has 1 aromatic heterocycles. The molecule has 0 spiro atoms. The highest BCUT2D eigenvalue weighted by atomic mass is 32.2. The molecule has 1 aromatic rings. The summed E-state index contributed by atoms with van der Waals surface area (Å²) in [6.07, 6.45) is -2.46. The van der Waals surface area contributed by atoms with Crippen molar-refractivity contribution in [2.75, 3.05) is 12.3 Å². The first kappa shape index (κ1) is 14.1. The molecule has 2 rings (SSSR count). The zero-order chi connectivity index (χ0) is 14.3. The van der Waals surface area contributed by atoms with E-state index in [4.69, 9.17) is 5.73 Å². The van der Waals surface area contributed by atoms with E-state index < -0.39 is 28.8 Å². The number of hydrogen-bond acceptors (Lipinski definition) is 4. The van der Waals surface area contributed by atoms with Gasteiger partial charge in [-0.05, 0) is 25.0 Å². The first-order valence-electron chi connectivity index (χ1n) is 5.51. The standard InChI is InChI=1S/C10H12F3N3O2S/c11-10(12,13)6-16(7-3-4-7)19(17,18)8-2-1-5-15-9(8)14/h1-2,5,7H,3-4,6H2,(H2,14,15). The number of alkyl halides is 3. The Hall–Kier alpha value is -1.35. The molecule has 1 aliphatic carbocycles. The van der Waals surface area contributed by atoms with Crippen LogP contribution < -0.4 is 5.73 Å². The maximum atomic E-state index is 12.5. The summed E-state index contributed by atoms with van der Waals surface area (Å²) in [6.45, 7) is -1.51. The van der Waals surface area contributed by atoms with Gasteiger partial charge in [-0.3, -0.25) is 0 Å². The summed E-state index contributed by atoms with van der Waals surface area (Å²) in [5, 5.41) is 0. The molecular formula is C10H12F3N3O2S. The number of hydrogen-bond donors (Lipinski definition) is 1. The average Bonchev–Trinajstić information content (AvgIpc) is 3.08. The van der Waals surface area contributed by atoms with Gasteiger partial charge in [0, 0.05) is 12.2 Å². The van der Waals surface area contributed by atoms with Crippen molar-refractivity contribution in [3.8, 4) is 0 Å².